The van der Waals surface area contributed by atoms with Crippen molar-refractivity contribution >= 4 is 0 Å². The Hall–Kier alpha value is -1.05. The lowest BCUT2D eigenvalue weighted by molar-refractivity contribution is 0.312. The molecule has 0 aliphatic heterocycles. The van der Waals surface area contributed by atoms with Crippen LogP contribution in [0.4, 0.5) is 4.39 Å². The van der Waals surface area contributed by atoms with Gasteiger partial charge in [0.2, 0.25) is 0 Å². The molecule has 0 saturated heterocycles. The summed E-state index contributed by atoms with van der Waals surface area (Å²) in [5, 5.41) is 0. The van der Waals surface area contributed by atoms with Crippen LogP contribution in [0.15, 0.2) is 18.2 Å². The van der Waals surface area contributed by atoms with Crippen molar-refractivity contribution in [2.45, 2.75) is 26.7 Å². The second kappa shape index (κ2) is 4.85. The molecule has 1 aromatic rings. The molecule has 0 bridgehead atoms. The van der Waals surface area contributed by atoms with E-state index in [4.69, 9.17) is 4.74 Å². The van der Waals surface area contributed by atoms with Crippen molar-refractivity contribution < 1.29 is 9.13 Å². The normalized spacial score (nSPS) is 10.1. The molecule has 1 nitrogen and oxygen atoms in total. The van der Waals surface area contributed by atoms with Crippen molar-refractivity contribution in [2.24, 2.45) is 0 Å². The summed E-state index contributed by atoms with van der Waals surface area (Å²) >= 11 is 0. The van der Waals surface area contributed by atoms with E-state index in [0.29, 0.717) is 12.4 Å². The van der Waals surface area contributed by atoms with Crippen LogP contribution in [-0.4, -0.2) is 6.61 Å². The Kier molecular flexibility index (Phi) is 3.74. The van der Waals surface area contributed by atoms with Crippen LogP contribution in [0.25, 0.3) is 0 Å². The van der Waals surface area contributed by atoms with E-state index in [1.165, 1.54) is 12.1 Å². The van der Waals surface area contributed by atoms with E-state index in [1.807, 2.05) is 13.8 Å². The van der Waals surface area contributed by atoms with Crippen LogP contribution in [0.5, 0.6) is 5.75 Å². The van der Waals surface area contributed by atoms with Gasteiger partial charge >= 0.3 is 0 Å². The lowest BCUT2D eigenvalue weighted by Crippen LogP contribution is -1.98. The van der Waals surface area contributed by atoms with Gasteiger partial charge in [-0.05, 0) is 24.5 Å². The summed E-state index contributed by atoms with van der Waals surface area (Å²) in [5.41, 5.74) is 1.06. The van der Waals surface area contributed by atoms with Gasteiger partial charge in [0.15, 0.2) is 0 Å². The highest BCUT2D eigenvalue weighted by Crippen LogP contribution is 2.20. The maximum atomic E-state index is 12.8. The molecule has 2 heteroatoms. The summed E-state index contributed by atoms with van der Waals surface area (Å²) in [6.45, 7) is 4.72. The number of hydrogen-bond acceptors (Lipinski definition) is 1. The summed E-state index contributed by atoms with van der Waals surface area (Å²) < 4.78 is 18.2. The van der Waals surface area contributed by atoms with Crippen molar-refractivity contribution in [2.75, 3.05) is 6.61 Å². The van der Waals surface area contributed by atoms with Gasteiger partial charge < -0.3 is 4.74 Å². The molecule has 0 aliphatic rings. The number of ether oxygens (including phenoxy) is 1. The number of rotatable bonds is 4. The second-order valence-electron chi connectivity index (χ2n) is 2.95. The lowest BCUT2D eigenvalue weighted by atomic mass is 10.1. The molecule has 0 N–H and O–H groups in total. The van der Waals surface area contributed by atoms with Crippen LogP contribution in [-0.2, 0) is 6.42 Å². The molecule has 1 rings (SSSR count). The van der Waals surface area contributed by atoms with Gasteiger partial charge in [0, 0.05) is 6.07 Å². The monoisotopic (exact) mass is 182 g/mol. The molecule has 0 heterocycles. The molecule has 0 atom stereocenters. The zero-order valence-electron chi connectivity index (χ0n) is 8.14. The highest BCUT2D eigenvalue weighted by atomic mass is 19.1. The molecular formula is C11H15FO. The molecule has 0 radical (unpaired) electrons. The molecule has 1 aromatic carbocycles. The molecule has 72 valence electrons. The van der Waals surface area contributed by atoms with Crippen molar-refractivity contribution in [1.29, 1.82) is 0 Å². The molecule has 0 aliphatic carbocycles. The van der Waals surface area contributed by atoms with Gasteiger partial charge in [-0.15, -0.1) is 0 Å². The van der Waals surface area contributed by atoms with Gasteiger partial charge in [-0.2, -0.15) is 0 Å². The highest BCUT2D eigenvalue weighted by molar-refractivity contribution is 5.33. The fraction of sp³-hybridized carbons (Fsp3) is 0.455. The first-order valence-electron chi connectivity index (χ1n) is 4.69. The van der Waals surface area contributed by atoms with Crippen LogP contribution in [0.2, 0.25) is 0 Å². The first-order valence-corrected chi connectivity index (χ1v) is 4.69. The quantitative estimate of drug-likeness (QED) is 0.695. The van der Waals surface area contributed by atoms with E-state index in [0.717, 1.165) is 18.4 Å². The fourth-order valence-corrected chi connectivity index (χ4v) is 1.17. The average Bonchev–Trinajstić information content (AvgIpc) is 2.15. The Morgan fingerprint density at radius 3 is 2.69 bits per heavy atom. The summed E-state index contributed by atoms with van der Waals surface area (Å²) in [6.07, 6.45) is 1.82. The first kappa shape index (κ1) is 10.0. The SMILES string of the molecule is CCCOc1cc(F)ccc1CC. The smallest absolute Gasteiger partial charge is 0.126 e. The Morgan fingerprint density at radius 2 is 2.08 bits per heavy atom. The van der Waals surface area contributed by atoms with Crippen LogP contribution in [0, 0.1) is 5.82 Å². The average molecular weight is 182 g/mol. The van der Waals surface area contributed by atoms with E-state index < -0.39 is 0 Å². The van der Waals surface area contributed by atoms with Crippen molar-refractivity contribution in [3.8, 4) is 5.75 Å². The summed E-state index contributed by atoms with van der Waals surface area (Å²) in [7, 11) is 0. The molecule has 0 unspecified atom stereocenters. The predicted molar refractivity (Wildman–Crippen MR) is 51.6 cm³/mol. The number of aryl methyl sites for hydroxylation is 1. The Labute approximate surface area is 78.5 Å². The van der Waals surface area contributed by atoms with Crippen LogP contribution in [0.1, 0.15) is 25.8 Å². The van der Waals surface area contributed by atoms with Gasteiger partial charge in [0.25, 0.3) is 0 Å². The van der Waals surface area contributed by atoms with Crippen molar-refractivity contribution in [1.82, 2.24) is 0 Å². The molecular weight excluding hydrogens is 167 g/mol. The molecule has 0 saturated carbocycles. The van der Waals surface area contributed by atoms with Gasteiger partial charge in [-0.1, -0.05) is 19.9 Å². The molecule has 0 fully saturated rings. The van der Waals surface area contributed by atoms with Crippen LogP contribution >= 0.6 is 0 Å². The lowest BCUT2D eigenvalue weighted by Gasteiger charge is -2.09. The summed E-state index contributed by atoms with van der Waals surface area (Å²) in [5.74, 6) is 0.452. The largest absolute Gasteiger partial charge is 0.493 e. The van der Waals surface area contributed by atoms with Crippen molar-refractivity contribution in [3.05, 3.63) is 29.6 Å². The van der Waals surface area contributed by atoms with Crippen LogP contribution in [0.3, 0.4) is 0 Å². The fourth-order valence-electron chi connectivity index (χ4n) is 1.17. The van der Waals surface area contributed by atoms with E-state index in [1.54, 1.807) is 6.07 Å². The van der Waals surface area contributed by atoms with Gasteiger partial charge in [-0.25, -0.2) is 4.39 Å². The number of hydrogen-bond donors (Lipinski definition) is 0. The topological polar surface area (TPSA) is 9.23 Å². The minimum absolute atomic E-state index is 0.233. The Balaban J connectivity index is 2.81. The van der Waals surface area contributed by atoms with E-state index in [9.17, 15) is 4.39 Å². The molecule has 13 heavy (non-hydrogen) atoms. The van der Waals surface area contributed by atoms with E-state index >= 15 is 0 Å². The predicted octanol–water partition coefficient (Wildman–Crippen LogP) is 3.18. The van der Waals surface area contributed by atoms with Crippen molar-refractivity contribution in [3.63, 3.8) is 0 Å². The maximum Gasteiger partial charge on any atom is 0.126 e. The third-order valence-electron chi connectivity index (χ3n) is 1.87. The summed E-state index contributed by atoms with van der Waals surface area (Å²) in [6, 6.07) is 4.70. The number of halogens is 1. The highest BCUT2D eigenvalue weighted by Gasteiger charge is 2.02. The number of benzene rings is 1. The van der Waals surface area contributed by atoms with Crippen LogP contribution < -0.4 is 4.74 Å². The molecule has 0 amide bonds. The summed E-state index contributed by atoms with van der Waals surface area (Å²) in [4.78, 5) is 0. The van der Waals surface area contributed by atoms with Gasteiger partial charge in [0.05, 0.1) is 6.61 Å². The zero-order chi connectivity index (χ0) is 9.68. The van der Waals surface area contributed by atoms with Gasteiger partial charge in [0.1, 0.15) is 11.6 Å². The molecule has 0 aromatic heterocycles. The standard InChI is InChI=1S/C11H15FO/c1-3-7-13-11-8-10(12)6-5-9(11)4-2/h5-6,8H,3-4,7H2,1-2H3. The third-order valence-corrected chi connectivity index (χ3v) is 1.87. The second-order valence-corrected chi connectivity index (χ2v) is 2.95. The zero-order valence-corrected chi connectivity index (χ0v) is 8.14. The molecule has 0 spiro atoms. The maximum absolute atomic E-state index is 12.8. The minimum atomic E-state index is -0.233. The third kappa shape index (κ3) is 2.72. The Morgan fingerprint density at radius 1 is 1.31 bits per heavy atom. The van der Waals surface area contributed by atoms with E-state index in [-0.39, 0.29) is 5.82 Å². The van der Waals surface area contributed by atoms with E-state index in [2.05, 4.69) is 0 Å². The minimum Gasteiger partial charge on any atom is -0.493 e. The Bertz CT molecular complexity index is 271. The van der Waals surface area contributed by atoms with Gasteiger partial charge in [-0.3, -0.25) is 0 Å². The first-order chi connectivity index (χ1) is 6.27.